The minimum atomic E-state index is -0.0529. The smallest absolute Gasteiger partial charge is 0.255 e. The van der Waals surface area contributed by atoms with Crippen LogP contribution in [-0.2, 0) is 13.1 Å². The lowest BCUT2D eigenvalue weighted by Crippen LogP contribution is -2.43. The quantitative estimate of drug-likeness (QED) is 0.776. The summed E-state index contributed by atoms with van der Waals surface area (Å²) in [5.74, 6) is -0.0529. The first-order valence-electron chi connectivity index (χ1n) is 11.4. The highest BCUT2D eigenvalue weighted by atomic mass is 16.1. The van der Waals surface area contributed by atoms with Gasteiger partial charge in [0.15, 0.2) is 0 Å². The Labute approximate surface area is 186 Å². The predicted octanol–water partition coefficient (Wildman–Crippen LogP) is 2.43. The van der Waals surface area contributed by atoms with Crippen LogP contribution in [0, 0.1) is 0 Å². The van der Waals surface area contributed by atoms with Crippen LogP contribution >= 0.6 is 0 Å². The van der Waals surface area contributed by atoms with Crippen LogP contribution < -0.4 is 5.32 Å². The summed E-state index contributed by atoms with van der Waals surface area (Å²) in [5.41, 5.74) is 4.06. The highest BCUT2D eigenvalue weighted by Gasteiger charge is 2.15. The molecule has 0 saturated carbocycles. The van der Waals surface area contributed by atoms with Gasteiger partial charge >= 0.3 is 0 Å². The summed E-state index contributed by atoms with van der Waals surface area (Å²) < 4.78 is 0. The Morgan fingerprint density at radius 3 is 1.87 bits per heavy atom. The van der Waals surface area contributed by atoms with Crippen molar-refractivity contribution in [3.63, 3.8) is 0 Å². The van der Waals surface area contributed by atoms with E-state index < -0.39 is 0 Å². The maximum atomic E-state index is 12.7. The van der Waals surface area contributed by atoms with Gasteiger partial charge in [-0.05, 0) is 49.5 Å². The van der Waals surface area contributed by atoms with Gasteiger partial charge in [-0.3, -0.25) is 14.6 Å². The molecule has 2 heterocycles. The molecule has 0 aliphatic carbocycles. The van der Waals surface area contributed by atoms with Crippen molar-refractivity contribution in [2.75, 3.05) is 71.8 Å². The summed E-state index contributed by atoms with van der Waals surface area (Å²) in [5, 5.41) is 3.07. The normalized spacial score (nSPS) is 19.4. The number of nitrogens with zero attached hydrogens (tertiary/aromatic N) is 4. The van der Waals surface area contributed by atoms with E-state index in [0.717, 1.165) is 71.1 Å². The van der Waals surface area contributed by atoms with Crippen molar-refractivity contribution in [3.05, 3.63) is 65.2 Å². The fourth-order valence-corrected chi connectivity index (χ4v) is 4.24. The average Bonchev–Trinajstić information content (AvgIpc) is 2.78. The number of rotatable bonds is 6. The Bertz CT molecular complexity index is 852. The largest absolute Gasteiger partial charge is 0.322 e. The molecule has 2 aliphatic rings. The van der Waals surface area contributed by atoms with Crippen molar-refractivity contribution in [2.24, 2.45) is 0 Å². The summed E-state index contributed by atoms with van der Waals surface area (Å²) in [6.45, 7) is 10.7. The van der Waals surface area contributed by atoms with Gasteiger partial charge in [0.2, 0.25) is 0 Å². The second-order valence-electron chi connectivity index (χ2n) is 9.01. The first kappa shape index (κ1) is 22.0. The maximum Gasteiger partial charge on any atom is 0.255 e. The Kier molecular flexibility index (Phi) is 7.35. The molecular formula is C25H35N5O. The standard InChI is InChI=1S/C25H35N5O/c1-27-10-14-29(15-11-27)19-21-6-8-23(9-7-21)25(31)26-24-5-3-4-22(18-24)20-30-16-12-28(2)13-17-30/h3-9,18H,10-17,19-20H2,1-2H3,(H,26,31). The van der Waals surface area contributed by atoms with Crippen LogP contribution in [0.25, 0.3) is 0 Å². The number of likely N-dealkylation sites (N-methyl/N-ethyl adjacent to an activating group) is 2. The zero-order valence-electron chi connectivity index (χ0n) is 18.9. The van der Waals surface area contributed by atoms with Crippen LogP contribution in [0.4, 0.5) is 5.69 Å². The lowest BCUT2D eigenvalue weighted by atomic mass is 10.1. The molecule has 2 fully saturated rings. The number of carbonyl (C=O) groups excluding carboxylic acids is 1. The van der Waals surface area contributed by atoms with Gasteiger partial charge in [-0.2, -0.15) is 0 Å². The molecular weight excluding hydrogens is 386 g/mol. The molecule has 4 rings (SSSR count). The summed E-state index contributed by atoms with van der Waals surface area (Å²) in [7, 11) is 4.35. The molecule has 31 heavy (non-hydrogen) atoms. The number of carbonyl (C=O) groups is 1. The minimum Gasteiger partial charge on any atom is -0.322 e. The highest BCUT2D eigenvalue weighted by Crippen LogP contribution is 2.16. The molecule has 1 amide bonds. The Balaban J connectivity index is 1.30. The van der Waals surface area contributed by atoms with E-state index >= 15 is 0 Å². The van der Waals surface area contributed by atoms with E-state index in [2.05, 4.69) is 63.3 Å². The van der Waals surface area contributed by atoms with Gasteiger partial charge in [0.05, 0.1) is 0 Å². The van der Waals surface area contributed by atoms with Gasteiger partial charge < -0.3 is 15.1 Å². The molecule has 2 aliphatic heterocycles. The summed E-state index contributed by atoms with van der Waals surface area (Å²) in [6, 6.07) is 16.3. The molecule has 2 aromatic rings. The number of anilines is 1. The summed E-state index contributed by atoms with van der Waals surface area (Å²) in [6.07, 6.45) is 0. The van der Waals surface area contributed by atoms with Gasteiger partial charge in [0.1, 0.15) is 0 Å². The third kappa shape index (κ3) is 6.37. The van der Waals surface area contributed by atoms with Crippen LogP contribution in [0.3, 0.4) is 0 Å². The SMILES string of the molecule is CN1CCN(Cc2ccc(C(=O)Nc3cccc(CN4CCN(C)CC4)c3)cc2)CC1. The summed E-state index contributed by atoms with van der Waals surface area (Å²) >= 11 is 0. The zero-order chi connectivity index (χ0) is 21.6. The average molecular weight is 422 g/mol. The van der Waals surface area contributed by atoms with Gasteiger partial charge in [-0.25, -0.2) is 0 Å². The van der Waals surface area contributed by atoms with E-state index in [9.17, 15) is 4.79 Å². The van der Waals surface area contributed by atoms with Crippen molar-refractivity contribution in [3.8, 4) is 0 Å². The third-order valence-corrected chi connectivity index (χ3v) is 6.41. The van der Waals surface area contributed by atoms with E-state index in [4.69, 9.17) is 0 Å². The number of benzene rings is 2. The molecule has 0 unspecified atom stereocenters. The van der Waals surface area contributed by atoms with E-state index in [1.54, 1.807) is 0 Å². The zero-order valence-corrected chi connectivity index (χ0v) is 18.9. The Hall–Kier alpha value is -2.25. The minimum absolute atomic E-state index is 0.0529. The van der Waals surface area contributed by atoms with E-state index in [-0.39, 0.29) is 5.91 Å². The van der Waals surface area contributed by atoms with Crippen LogP contribution in [-0.4, -0.2) is 92.0 Å². The predicted molar refractivity (Wildman–Crippen MR) is 126 cm³/mol. The Morgan fingerprint density at radius 2 is 1.29 bits per heavy atom. The molecule has 0 radical (unpaired) electrons. The van der Waals surface area contributed by atoms with Crippen LogP contribution in [0.1, 0.15) is 21.5 Å². The maximum absolute atomic E-state index is 12.7. The topological polar surface area (TPSA) is 42.1 Å². The van der Waals surface area contributed by atoms with Crippen molar-refractivity contribution in [1.82, 2.24) is 19.6 Å². The van der Waals surface area contributed by atoms with Gasteiger partial charge in [0, 0.05) is 76.7 Å². The number of hydrogen-bond acceptors (Lipinski definition) is 5. The van der Waals surface area contributed by atoms with Crippen molar-refractivity contribution in [1.29, 1.82) is 0 Å². The summed E-state index contributed by atoms with van der Waals surface area (Å²) in [4.78, 5) is 22.4. The van der Waals surface area contributed by atoms with Gasteiger partial charge in [0.25, 0.3) is 5.91 Å². The van der Waals surface area contributed by atoms with Crippen LogP contribution in [0.15, 0.2) is 48.5 Å². The van der Waals surface area contributed by atoms with Crippen molar-refractivity contribution < 1.29 is 4.79 Å². The second kappa shape index (κ2) is 10.4. The lowest BCUT2D eigenvalue weighted by molar-refractivity contribution is 0.102. The number of piperazine rings is 2. The fraction of sp³-hybridized carbons (Fsp3) is 0.480. The van der Waals surface area contributed by atoms with Gasteiger partial charge in [-0.1, -0.05) is 24.3 Å². The fourth-order valence-electron chi connectivity index (χ4n) is 4.24. The third-order valence-electron chi connectivity index (χ3n) is 6.41. The monoisotopic (exact) mass is 421 g/mol. The van der Waals surface area contributed by atoms with E-state index in [1.165, 1.54) is 11.1 Å². The molecule has 166 valence electrons. The molecule has 6 heteroatoms. The van der Waals surface area contributed by atoms with Gasteiger partial charge in [-0.15, -0.1) is 0 Å². The molecule has 0 atom stereocenters. The van der Waals surface area contributed by atoms with Crippen LogP contribution in [0.5, 0.6) is 0 Å². The van der Waals surface area contributed by atoms with Crippen molar-refractivity contribution >= 4 is 11.6 Å². The molecule has 6 nitrogen and oxygen atoms in total. The number of amides is 1. The second-order valence-corrected chi connectivity index (χ2v) is 9.01. The molecule has 0 bridgehead atoms. The van der Waals surface area contributed by atoms with E-state index in [0.29, 0.717) is 5.56 Å². The number of hydrogen-bond donors (Lipinski definition) is 1. The molecule has 1 N–H and O–H groups in total. The van der Waals surface area contributed by atoms with E-state index in [1.807, 2.05) is 24.3 Å². The molecule has 2 aromatic carbocycles. The molecule has 0 spiro atoms. The molecule has 0 aromatic heterocycles. The lowest BCUT2D eigenvalue weighted by Gasteiger charge is -2.32. The Morgan fingerprint density at radius 1 is 0.742 bits per heavy atom. The first-order chi connectivity index (χ1) is 15.0. The first-order valence-corrected chi connectivity index (χ1v) is 11.4. The molecule has 2 saturated heterocycles. The highest BCUT2D eigenvalue weighted by molar-refractivity contribution is 6.04. The van der Waals surface area contributed by atoms with Crippen molar-refractivity contribution in [2.45, 2.75) is 13.1 Å². The number of nitrogens with one attached hydrogen (secondary N) is 1. The van der Waals surface area contributed by atoms with Crippen LogP contribution in [0.2, 0.25) is 0 Å².